The molecule has 0 saturated heterocycles. The number of methoxy groups -OCH3 is 1. The van der Waals surface area contributed by atoms with Gasteiger partial charge in [-0.25, -0.2) is 0 Å². The number of carbonyl (C=O) groups is 1. The Balaban J connectivity index is 3.45. The lowest BCUT2D eigenvalue weighted by Crippen LogP contribution is -2.35. The molecule has 0 heterocycles. The molecule has 4 heteroatoms. The molecule has 0 aromatic heterocycles. The molecule has 0 rings (SSSR count). The van der Waals surface area contributed by atoms with Gasteiger partial charge in [-0.3, -0.25) is 4.79 Å². The Labute approximate surface area is 86.4 Å². The highest BCUT2D eigenvalue weighted by Gasteiger charge is 2.05. The van der Waals surface area contributed by atoms with Crippen LogP contribution in [0, 0.1) is 0 Å². The third-order valence-corrected chi connectivity index (χ3v) is 2.02. The summed E-state index contributed by atoms with van der Waals surface area (Å²) in [4.78, 5) is 11.1. The van der Waals surface area contributed by atoms with Gasteiger partial charge in [0.2, 0.25) is 5.91 Å². The summed E-state index contributed by atoms with van der Waals surface area (Å²) in [7, 11) is 1.69. The van der Waals surface area contributed by atoms with E-state index in [1.165, 1.54) is 0 Å². The van der Waals surface area contributed by atoms with Crippen LogP contribution in [-0.4, -0.2) is 38.8 Å². The van der Waals surface area contributed by atoms with E-state index in [0.717, 1.165) is 6.42 Å². The van der Waals surface area contributed by atoms with Gasteiger partial charge in [0, 0.05) is 32.7 Å². The van der Waals surface area contributed by atoms with E-state index in [1.54, 1.807) is 7.11 Å². The number of rotatable bonds is 8. The van der Waals surface area contributed by atoms with Crippen LogP contribution in [0.4, 0.5) is 0 Å². The molecule has 1 amide bonds. The van der Waals surface area contributed by atoms with Crippen LogP contribution in [0.25, 0.3) is 0 Å². The lowest BCUT2D eigenvalue weighted by molar-refractivity contribution is -0.120. The van der Waals surface area contributed by atoms with E-state index in [4.69, 9.17) is 4.74 Å². The Hall–Kier alpha value is -0.610. The second-order valence-electron chi connectivity index (χ2n) is 3.22. The Morgan fingerprint density at radius 2 is 2.14 bits per heavy atom. The standard InChI is InChI=1S/C10H22N2O2/c1-4-9(8-14-3)12-7-6-10(13)11-5-2/h9,12H,4-8H2,1-3H3,(H,11,13). The van der Waals surface area contributed by atoms with E-state index < -0.39 is 0 Å². The summed E-state index contributed by atoms with van der Waals surface area (Å²) in [6.45, 7) is 6.14. The average molecular weight is 202 g/mol. The first-order valence-electron chi connectivity index (χ1n) is 5.23. The van der Waals surface area contributed by atoms with Crippen LogP contribution in [0.1, 0.15) is 26.7 Å². The molecule has 0 spiro atoms. The topological polar surface area (TPSA) is 50.4 Å². The minimum absolute atomic E-state index is 0.104. The third-order valence-electron chi connectivity index (χ3n) is 2.02. The zero-order valence-corrected chi connectivity index (χ0v) is 9.43. The van der Waals surface area contributed by atoms with Crippen molar-refractivity contribution in [1.82, 2.24) is 10.6 Å². The van der Waals surface area contributed by atoms with Gasteiger partial charge in [0.05, 0.1) is 6.61 Å². The van der Waals surface area contributed by atoms with Crippen LogP contribution in [0.2, 0.25) is 0 Å². The van der Waals surface area contributed by atoms with Crippen molar-refractivity contribution in [3.63, 3.8) is 0 Å². The Kier molecular flexibility index (Phi) is 8.57. The molecule has 0 aliphatic carbocycles. The van der Waals surface area contributed by atoms with Crippen LogP contribution in [-0.2, 0) is 9.53 Å². The van der Waals surface area contributed by atoms with E-state index in [2.05, 4.69) is 17.6 Å². The van der Waals surface area contributed by atoms with Crippen molar-refractivity contribution < 1.29 is 9.53 Å². The van der Waals surface area contributed by atoms with Crippen LogP contribution in [0.15, 0.2) is 0 Å². The van der Waals surface area contributed by atoms with Gasteiger partial charge in [-0.1, -0.05) is 6.92 Å². The molecule has 0 aliphatic rings. The Morgan fingerprint density at radius 1 is 1.43 bits per heavy atom. The highest BCUT2D eigenvalue weighted by Crippen LogP contribution is 1.91. The molecule has 1 unspecified atom stereocenters. The van der Waals surface area contributed by atoms with E-state index in [0.29, 0.717) is 32.2 Å². The summed E-state index contributed by atoms with van der Waals surface area (Å²) in [6, 6.07) is 0.356. The van der Waals surface area contributed by atoms with Crippen LogP contribution in [0.3, 0.4) is 0 Å². The summed E-state index contributed by atoms with van der Waals surface area (Å²) in [5.41, 5.74) is 0. The van der Waals surface area contributed by atoms with Gasteiger partial charge < -0.3 is 15.4 Å². The van der Waals surface area contributed by atoms with Gasteiger partial charge in [0.1, 0.15) is 0 Å². The molecule has 1 atom stereocenters. The largest absolute Gasteiger partial charge is 0.383 e. The lowest BCUT2D eigenvalue weighted by Gasteiger charge is -2.15. The molecule has 0 radical (unpaired) electrons. The molecular formula is C10H22N2O2. The fourth-order valence-corrected chi connectivity index (χ4v) is 1.20. The lowest BCUT2D eigenvalue weighted by atomic mass is 10.2. The van der Waals surface area contributed by atoms with Gasteiger partial charge in [-0.2, -0.15) is 0 Å². The summed E-state index contributed by atoms with van der Waals surface area (Å²) >= 11 is 0. The zero-order chi connectivity index (χ0) is 10.8. The Bertz CT molecular complexity index is 151. The van der Waals surface area contributed by atoms with E-state index in [9.17, 15) is 4.79 Å². The van der Waals surface area contributed by atoms with Crippen molar-refractivity contribution in [1.29, 1.82) is 0 Å². The second-order valence-corrected chi connectivity index (χ2v) is 3.22. The first kappa shape index (κ1) is 13.4. The normalized spacial score (nSPS) is 12.5. The Morgan fingerprint density at radius 3 is 2.64 bits per heavy atom. The molecule has 0 aliphatic heterocycles. The van der Waals surface area contributed by atoms with Crippen molar-refractivity contribution in [3.8, 4) is 0 Å². The number of ether oxygens (including phenoxy) is 1. The van der Waals surface area contributed by atoms with Crippen molar-refractivity contribution in [2.45, 2.75) is 32.7 Å². The molecule has 0 aromatic rings. The number of nitrogens with one attached hydrogen (secondary N) is 2. The summed E-state index contributed by atoms with van der Waals surface area (Å²) in [5, 5.41) is 6.03. The third kappa shape index (κ3) is 6.86. The number of hydrogen-bond acceptors (Lipinski definition) is 3. The van der Waals surface area contributed by atoms with Crippen LogP contribution >= 0.6 is 0 Å². The van der Waals surface area contributed by atoms with Crippen molar-refractivity contribution in [3.05, 3.63) is 0 Å². The molecule has 4 nitrogen and oxygen atoms in total. The number of carbonyl (C=O) groups excluding carboxylic acids is 1. The fraction of sp³-hybridized carbons (Fsp3) is 0.900. The van der Waals surface area contributed by atoms with Crippen molar-refractivity contribution in [2.75, 3.05) is 26.8 Å². The second kappa shape index (κ2) is 8.97. The molecule has 0 fully saturated rings. The SMILES string of the molecule is CCNC(=O)CCNC(CC)COC. The van der Waals surface area contributed by atoms with Gasteiger partial charge in [0.15, 0.2) is 0 Å². The fourth-order valence-electron chi connectivity index (χ4n) is 1.20. The van der Waals surface area contributed by atoms with E-state index in [-0.39, 0.29) is 5.91 Å². The number of amides is 1. The molecule has 0 bridgehead atoms. The van der Waals surface area contributed by atoms with E-state index in [1.807, 2.05) is 6.92 Å². The van der Waals surface area contributed by atoms with Crippen LogP contribution in [0.5, 0.6) is 0 Å². The quantitative estimate of drug-likeness (QED) is 0.603. The summed E-state index contributed by atoms with van der Waals surface area (Å²) in [6.07, 6.45) is 1.55. The average Bonchev–Trinajstić information content (AvgIpc) is 2.17. The maximum atomic E-state index is 11.1. The molecule has 0 aromatic carbocycles. The predicted octanol–water partition coefficient (Wildman–Crippen LogP) is 0.527. The number of hydrogen-bond donors (Lipinski definition) is 2. The first-order valence-corrected chi connectivity index (χ1v) is 5.23. The summed E-state index contributed by atoms with van der Waals surface area (Å²) in [5.74, 6) is 0.104. The van der Waals surface area contributed by atoms with E-state index >= 15 is 0 Å². The van der Waals surface area contributed by atoms with Crippen LogP contribution < -0.4 is 10.6 Å². The molecule has 14 heavy (non-hydrogen) atoms. The molecular weight excluding hydrogens is 180 g/mol. The minimum atomic E-state index is 0.104. The molecule has 84 valence electrons. The van der Waals surface area contributed by atoms with Crippen molar-refractivity contribution >= 4 is 5.91 Å². The maximum absolute atomic E-state index is 11.1. The van der Waals surface area contributed by atoms with Gasteiger partial charge in [-0.05, 0) is 13.3 Å². The van der Waals surface area contributed by atoms with Gasteiger partial charge in [0.25, 0.3) is 0 Å². The molecule has 2 N–H and O–H groups in total. The highest BCUT2D eigenvalue weighted by molar-refractivity contribution is 5.75. The highest BCUT2D eigenvalue weighted by atomic mass is 16.5. The predicted molar refractivity (Wildman–Crippen MR) is 57.3 cm³/mol. The molecule has 0 saturated carbocycles. The smallest absolute Gasteiger partial charge is 0.221 e. The van der Waals surface area contributed by atoms with Gasteiger partial charge >= 0.3 is 0 Å². The maximum Gasteiger partial charge on any atom is 0.221 e. The van der Waals surface area contributed by atoms with Crippen molar-refractivity contribution in [2.24, 2.45) is 0 Å². The first-order chi connectivity index (χ1) is 6.74. The van der Waals surface area contributed by atoms with Gasteiger partial charge in [-0.15, -0.1) is 0 Å². The minimum Gasteiger partial charge on any atom is -0.383 e. The monoisotopic (exact) mass is 202 g/mol. The summed E-state index contributed by atoms with van der Waals surface area (Å²) < 4.78 is 5.04. The zero-order valence-electron chi connectivity index (χ0n) is 9.43.